The molecule has 3 rings (SSSR count). The SMILES string of the molecule is O=C(Nc1nnc(CS(=O)(=O)c2ccccc2)s1)c1cccc(I)c1. The smallest absolute Gasteiger partial charge is 0.257 e. The number of hydrogen-bond donors (Lipinski definition) is 1. The van der Waals surface area contributed by atoms with Gasteiger partial charge in [0.15, 0.2) is 9.84 Å². The van der Waals surface area contributed by atoms with E-state index < -0.39 is 9.84 Å². The van der Waals surface area contributed by atoms with Crippen LogP contribution < -0.4 is 5.32 Å². The van der Waals surface area contributed by atoms with Crippen molar-refractivity contribution in [2.45, 2.75) is 10.6 Å². The summed E-state index contributed by atoms with van der Waals surface area (Å²) in [5.41, 5.74) is 0.501. The third kappa shape index (κ3) is 4.61. The molecular formula is C16H12IN3O3S2. The van der Waals surface area contributed by atoms with Crippen molar-refractivity contribution < 1.29 is 13.2 Å². The summed E-state index contributed by atoms with van der Waals surface area (Å²) in [6, 6.07) is 15.3. The molecule has 2 aromatic carbocycles. The molecule has 1 heterocycles. The second-order valence-corrected chi connectivity index (χ2v) is 9.33. The molecule has 1 N–H and O–H groups in total. The van der Waals surface area contributed by atoms with E-state index in [1.165, 1.54) is 12.1 Å². The summed E-state index contributed by atoms with van der Waals surface area (Å²) < 4.78 is 25.6. The fraction of sp³-hybridized carbons (Fsp3) is 0.0625. The van der Waals surface area contributed by atoms with Crippen molar-refractivity contribution in [3.63, 3.8) is 0 Å². The first-order chi connectivity index (χ1) is 11.9. The van der Waals surface area contributed by atoms with Crippen LogP contribution in [0.5, 0.6) is 0 Å². The van der Waals surface area contributed by atoms with Gasteiger partial charge >= 0.3 is 0 Å². The zero-order valence-corrected chi connectivity index (χ0v) is 16.5. The van der Waals surface area contributed by atoms with Gasteiger partial charge < -0.3 is 0 Å². The molecule has 0 radical (unpaired) electrons. The maximum atomic E-state index is 12.3. The van der Waals surface area contributed by atoms with Crippen molar-refractivity contribution in [1.82, 2.24) is 10.2 Å². The lowest BCUT2D eigenvalue weighted by Crippen LogP contribution is -2.11. The summed E-state index contributed by atoms with van der Waals surface area (Å²) in [7, 11) is -3.49. The Morgan fingerprint density at radius 1 is 1.08 bits per heavy atom. The Hall–Kier alpha value is -1.85. The number of benzene rings is 2. The van der Waals surface area contributed by atoms with Gasteiger partial charge in [-0.3, -0.25) is 10.1 Å². The number of anilines is 1. The van der Waals surface area contributed by atoms with Crippen molar-refractivity contribution in [3.8, 4) is 0 Å². The lowest BCUT2D eigenvalue weighted by atomic mass is 10.2. The van der Waals surface area contributed by atoms with E-state index in [2.05, 4.69) is 38.1 Å². The Morgan fingerprint density at radius 3 is 2.56 bits per heavy atom. The minimum absolute atomic E-state index is 0.231. The van der Waals surface area contributed by atoms with Crippen molar-refractivity contribution in [1.29, 1.82) is 0 Å². The summed E-state index contributed by atoms with van der Waals surface area (Å²) in [6.45, 7) is 0. The third-order valence-corrected chi connectivity index (χ3v) is 6.53. The number of amides is 1. The van der Waals surface area contributed by atoms with E-state index in [1.807, 2.05) is 6.07 Å². The van der Waals surface area contributed by atoms with Crippen LogP contribution in [0.2, 0.25) is 0 Å². The van der Waals surface area contributed by atoms with Gasteiger partial charge in [-0.1, -0.05) is 35.6 Å². The van der Waals surface area contributed by atoms with Crippen LogP contribution in [-0.2, 0) is 15.6 Å². The average molecular weight is 485 g/mol. The largest absolute Gasteiger partial charge is 0.296 e. The van der Waals surface area contributed by atoms with Gasteiger partial charge in [0, 0.05) is 9.13 Å². The molecule has 1 amide bonds. The van der Waals surface area contributed by atoms with Crippen LogP contribution in [0, 0.1) is 3.57 Å². The molecule has 6 nitrogen and oxygen atoms in total. The number of nitrogens with one attached hydrogen (secondary N) is 1. The molecule has 0 aliphatic rings. The molecular weight excluding hydrogens is 473 g/mol. The van der Waals surface area contributed by atoms with E-state index in [4.69, 9.17) is 0 Å². The third-order valence-electron chi connectivity index (χ3n) is 3.19. The minimum atomic E-state index is -3.49. The number of carbonyl (C=O) groups is 1. The predicted molar refractivity (Wildman–Crippen MR) is 104 cm³/mol. The molecule has 0 saturated heterocycles. The molecule has 0 spiro atoms. The minimum Gasteiger partial charge on any atom is -0.296 e. The highest BCUT2D eigenvalue weighted by Gasteiger charge is 2.19. The Balaban J connectivity index is 1.72. The molecule has 0 aliphatic carbocycles. The lowest BCUT2D eigenvalue weighted by molar-refractivity contribution is 0.102. The molecule has 0 bridgehead atoms. The number of halogens is 1. The van der Waals surface area contributed by atoms with Gasteiger partial charge in [0.1, 0.15) is 10.8 Å². The van der Waals surface area contributed by atoms with E-state index in [9.17, 15) is 13.2 Å². The van der Waals surface area contributed by atoms with E-state index in [0.717, 1.165) is 14.9 Å². The monoisotopic (exact) mass is 485 g/mol. The lowest BCUT2D eigenvalue weighted by Gasteiger charge is -2.01. The van der Waals surface area contributed by atoms with Gasteiger partial charge in [-0.25, -0.2) is 8.42 Å². The molecule has 9 heteroatoms. The molecule has 0 aliphatic heterocycles. The molecule has 0 fully saturated rings. The molecule has 3 aromatic rings. The molecule has 0 saturated carbocycles. The van der Waals surface area contributed by atoms with Gasteiger partial charge in [0.2, 0.25) is 5.13 Å². The quantitative estimate of drug-likeness (QED) is 0.560. The molecule has 25 heavy (non-hydrogen) atoms. The second-order valence-electron chi connectivity index (χ2n) is 5.04. The zero-order valence-electron chi connectivity index (χ0n) is 12.7. The summed E-state index contributed by atoms with van der Waals surface area (Å²) >= 11 is 3.17. The average Bonchev–Trinajstić information content (AvgIpc) is 3.02. The van der Waals surface area contributed by atoms with Gasteiger partial charge in [0.05, 0.1) is 4.90 Å². The maximum absolute atomic E-state index is 12.3. The number of aromatic nitrogens is 2. The van der Waals surface area contributed by atoms with Crippen LogP contribution >= 0.6 is 33.9 Å². The number of carbonyl (C=O) groups excluding carboxylic acids is 1. The van der Waals surface area contributed by atoms with E-state index in [0.29, 0.717) is 10.6 Å². The number of hydrogen-bond acceptors (Lipinski definition) is 6. The summed E-state index contributed by atoms with van der Waals surface area (Å²) in [6.07, 6.45) is 0. The number of nitrogens with zero attached hydrogens (tertiary/aromatic N) is 2. The van der Waals surface area contributed by atoms with E-state index >= 15 is 0 Å². The molecule has 128 valence electrons. The fourth-order valence-corrected chi connectivity index (χ4v) is 4.93. The number of sulfone groups is 1. The number of rotatable bonds is 5. The molecule has 0 unspecified atom stereocenters. The Kier molecular flexibility index (Phi) is 5.45. The Labute approximate surface area is 162 Å². The predicted octanol–water partition coefficient (Wildman–Crippen LogP) is 3.37. The highest BCUT2D eigenvalue weighted by molar-refractivity contribution is 14.1. The topological polar surface area (TPSA) is 89.0 Å². The van der Waals surface area contributed by atoms with Gasteiger partial charge in [0.25, 0.3) is 5.91 Å². The van der Waals surface area contributed by atoms with Crippen molar-refractivity contribution >= 4 is 54.8 Å². The van der Waals surface area contributed by atoms with Crippen LogP contribution in [0.1, 0.15) is 15.4 Å². The van der Waals surface area contributed by atoms with Gasteiger partial charge in [-0.15, -0.1) is 10.2 Å². The normalized spacial score (nSPS) is 11.2. The highest BCUT2D eigenvalue weighted by Crippen LogP contribution is 2.22. The molecule has 0 atom stereocenters. The van der Waals surface area contributed by atoms with Crippen LogP contribution in [0.4, 0.5) is 5.13 Å². The van der Waals surface area contributed by atoms with Crippen LogP contribution in [0.3, 0.4) is 0 Å². The second kappa shape index (κ2) is 7.58. The zero-order chi connectivity index (χ0) is 17.9. The van der Waals surface area contributed by atoms with Crippen molar-refractivity contribution in [2.24, 2.45) is 0 Å². The highest BCUT2D eigenvalue weighted by atomic mass is 127. The Morgan fingerprint density at radius 2 is 1.84 bits per heavy atom. The maximum Gasteiger partial charge on any atom is 0.257 e. The van der Waals surface area contributed by atoms with Crippen LogP contribution in [0.25, 0.3) is 0 Å². The first-order valence-electron chi connectivity index (χ1n) is 7.11. The fourth-order valence-electron chi connectivity index (χ4n) is 2.04. The van der Waals surface area contributed by atoms with Crippen molar-refractivity contribution in [3.05, 3.63) is 68.7 Å². The van der Waals surface area contributed by atoms with Crippen molar-refractivity contribution in [2.75, 3.05) is 5.32 Å². The summed E-state index contributed by atoms with van der Waals surface area (Å²) in [5, 5.41) is 10.9. The van der Waals surface area contributed by atoms with E-state index in [1.54, 1.807) is 36.4 Å². The van der Waals surface area contributed by atoms with Crippen LogP contribution in [-0.4, -0.2) is 24.5 Å². The van der Waals surface area contributed by atoms with Crippen LogP contribution in [0.15, 0.2) is 59.5 Å². The first kappa shape index (κ1) is 18.0. The van der Waals surface area contributed by atoms with Gasteiger partial charge in [-0.2, -0.15) is 0 Å². The van der Waals surface area contributed by atoms with Gasteiger partial charge in [-0.05, 0) is 52.9 Å². The first-order valence-corrected chi connectivity index (χ1v) is 10.7. The molecule has 1 aromatic heterocycles. The Bertz CT molecular complexity index is 1000. The standard InChI is InChI=1S/C16H12IN3O3S2/c17-12-6-4-5-11(9-12)15(21)18-16-20-19-14(24-16)10-25(22,23)13-7-2-1-3-8-13/h1-9H,10H2,(H,18,20,21). The summed E-state index contributed by atoms with van der Waals surface area (Å²) in [5.74, 6) is -0.569. The van der Waals surface area contributed by atoms with E-state index in [-0.39, 0.29) is 21.7 Å². The summed E-state index contributed by atoms with van der Waals surface area (Å²) in [4.78, 5) is 12.4.